The van der Waals surface area contributed by atoms with Crippen molar-refractivity contribution in [1.82, 2.24) is 9.97 Å². The Labute approximate surface area is 138 Å². The quantitative estimate of drug-likeness (QED) is 0.776. The third-order valence-electron chi connectivity index (χ3n) is 3.72. The van der Waals surface area contributed by atoms with Crippen LogP contribution in [0.4, 0.5) is 5.69 Å². The minimum absolute atomic E-state index is 0.119. The van der Waals surface area contributed by atoms with Gasteiger partial charge >= 0.3 is 0 Å². The lowest BCUT2D eigenvalue weighted by atomic mass is 10.1. The number of aromatic nitrogens is 2. The van der Waals surface area contributed by atoms with Gasteiger partial charge in [-0.25, -0.2) is 4.98 Å². The van der Waals surface area contributed by atoms with Crippen LogP contribution in [0.15, 0.2) is 41.2 Å². The molecule has 24 heavy (non-hydrogen) atoms. The molecule has 0 bridgehead atoms. The minimum atomic E-state index is -0.436. The van der Waals surface area contributed by atoms with E-state index in [9.17, 15) is 9.59 Å². The summed E-state index contributed by atoms with van der Waals surface area (Å²) < 4.78 is 5.09. The van der Waals surface area contributed by atoms with E-state index < -0.39 is 11.5 Å². The molecular formula is C18H17N3O3. The summed E-state index contributed by atoms with van der Waals surface area (Å²) in [4.78, 5) is 31.4. The van der Waals surface area contributed by atoms with Crippen LogP contribution >= 0.6 is 0 Å². The molecule has 2 heterocycles. The highest BCUT2D eigenvalue weighted by Crippen LogP contribution is 2.21. The zero-order valence-corrected chi connectivity index (χ0v) is 13.6. The molecule has 3 aromatic rings. The van der Waals surface area contributed by atoms with Crippen molar-refractivity contribution in [3.63, 3.8) is 0 Å². The second-order valence-corrected chi connectivity index (χ2v) is 5.55. The number of amides is 1. The first-order valence-electron chi connectivity index (χ1n) is 7.44. The van der Waals surface area contributed by atoms with Gasteiger partial charge in [-0.1, -0.05) is 0 Å². The summed E-state index contributed by atoms with van der Waals surface area (Å²) in [5.41, 5.74) is 2.45. The van der Waals surface area contributed by atoms with Crippen molar-refractivity contribution in [3.8, 4) is 5.88 Å². The molecule has 2 N–H and O–H groups in total. The van der Waals surface area contributed by atoms with Crippen LogP contribution in [0.3, 0.4) is 0 Å². The molecule has 0 aliphatic heterocycles. The molecule has 2 aromatic heterocycles. The highest BCUT2D eigenvalue weighted by atomic mass is 16.5. The molecular weight excluding hydrogens is 306 g/mol. The van der Waals surface area contributed by atoms with Gasteiger partial charge in [-0.15, -0.1) is 0 Å². The first-order valence-corrected chi connectivity index (χ1v) is 7.44. The van der Waals surface area contributed by atoms with E-state index in [1.807, 2.05) is 6.07 Å². The molecule has 0 radical (unpaired) electrons. The molecule has 1 amide bonds. The number of hydrogen-bond acceptors (Lipinski definition) is 4. The van der Waals surface area contributed by atoms with E-state index in [0.29, 0.717) is 17.1 Å². The minimum Gasteiger partial charge on any atom is -0.481 e. The van der Waals surface area contributed by atoms with E-state index >= 15 is 0 Å². The lowest BCUT2D eigenvalue weighted by Gasteiger charge is -2.09. The number of methoxy groups -OCH3 is 1. The van der Waals surface area contributed by atoms with Gasteiger partial charge in [0.1, 0.15) is 5.56 Å². The maximum atomic E-state index is 12.4. The van der Waals surface area contributed by atoms with Crippen LogP contribution in [-0.4, -0.2) is 23.0 Å². The summed E-state index contributed by atoms with van der Waals surface area (Å²) >= 11 is 0. The molecule has 0 unspecified atom stereocenters. The number of rotatable bonds is 3. The van der Waals surface area contributed by atoms with Crippen LogP contribution in [0.1, 0.15) is 21.6 Å². The maximum absolute atomic E-state index is 12.4. The lowest BCUT2D eigenvalue weighted by molar-refractivity contribution is 0.102. The van der Waals surface area contributed by atoms with Gasteiger partial charge in [-0.05, 0) is 49.7 Å². The number of aryl methyl sites for hydroxylation is 2. The fourth-order valence-electron chi connectivity index (χ4n) is 2.63. The highest BCUT2D eigenvalue weighted by Gasteiger charge is 2.14. The molecule has 0 spiro atoms. The smallest absolute Gasteiger partial charge is 0.261 e. The third kappa shape index (κ3) is 2.99. The average molecular weight is 323 g/mol. The molecule has 122 valence electrons. The topological polar surface area (TPSA) is 84.1 Å². The molecule has 0 saturated carbocycles. The van der Waals surface area contributed by atoms with Gasteiger partial charge < -0.3 is 15.0 Å². The molecule has 0 saturated heterocycles. The monoisotopic (exact) mass is 323 g/mol. The average Bonchev–Trinajstić information content (AvgIpc) is 2.53. The van der Waals surface area contributed by atoms with Crippen molar-refractivity contribution in [2.45, 2.75) is 13.8 Å². The van der Waals surface area contributed by atoms with Gasteiger partial charge in [-0.3, -0.25) is 9.59 Å². The van der Waals surface area contributed by atoms with Crippen molar-refractivity contribution >= 4 is 22.5 Å². The van der Waals surface area contributed by atoms with Crippen LogP contribution in [0, 0.1) is 13.8 Å². The predicted molar refractivity (Wildman–Crippen MR) is 92.8 cm³/mol. The Hall–Kier alpha value is -3.15. The molecule has 6 heteroatoms. The Balaban J connectivity index is 1.92. The summed E-state index contributed by atoms with van der Waals surface area (Å²) in [5.74, 6) is 0.0932. The Kier molecular flexibility index (Phi) is 4.04. The van der Waals surface area contributed by atoms with Crippen LogP contribution in [-0.2, 0) is 0 Å². The van der Waals surface area contributed by atoms with Crippen LogP contribution < -0.4 is 15.6 Å². The van der Waals surface area contributed by atoms with E-state index in [1.165, 1.54) is 0 Å². The van der Waals surface area contributed by atoms with E-state index in [1.54, 1.807) is 51.3 Å². The summed E-state index contributed by atoms with van der Waals surface area (Å²) in [6, 6.07) is 10.7. The third-order valence-corrected chi connectivity index (χ3v) is 3.72. The Morgan fingerprint density at radius 3 is 2.67 bits per heavy atom. The van der Waals surface area contributed by atoms with E-state index in [-0.39, 0.29) is 5.56 Å². The standard InChI is InChI=1S/C18H17N3O3/c1-10-8-11(2)19-17(22)16(10)18(23)20-13-5-6-14-12(9-13)4-7-15(21-14)24-3/h4-9H,1-3H3,(H,19,22)(H,20,23). The molecule has 6 nitrogen and oxygen atoms in total. The Morgan fingerprint density at radius 1 is 1.17 bits per heavy atom. The van der Waals surface area contributed by atoms with Crippen molar-refractivity contribution in [2.75, 3.05) is 12.4 Å². The number of carbonyl (C=O) groups is 1. The second kappa shape index (κ2) is 6.16. The van der Waals surface area contributed by atoms with Crippen LogP contribution in [0.25, 0.3) is 10.9 Å². The fraction of sp³-hybridized carbons (Fsp3) is 0.167. The largest absolute Gasteiger partial charge is 0.481 e. The summed E-state index contributed by atoms with van der Waals surface area (Å²) in [6.45, 7) is 3.52. The number of aromatic amines is 1. The van der Waals surface area contributed by atoms with Crippen molar-refractivity contribution < 1.29 is 9.53 Å². The van der Waals surface area contributed by atoms with E-state index in [0.717, 1.165) is 16.6 Å². The maximum Gasteiger partial charge on any atom is 0.261 e. The lowest BCUT2D eigenvalue weighted by Crippen LogP contribution is -2.25. The van der Waals surface area contributed by atoms with Crippen molar-refractivity contribution in [2.24, 2.45) is 0 Å². The summed E-state index contributed by atoms with van der Waals surface area (Å²) in [6.07, 6.45) is 0. The van der Waals surface area contributed by atoms with Gasteiger partial charge in [0, 0.05) is 22.8 Å². The highest BCUT2D eigenvalue weighted by molar-refractivity contribution is 6.05. The number of H-pyrrole nitrogens is 1. The van der Waals surface area contributed by atoms with Gasteiger partial charge in [0.15, 0.2) is 0 Å². The predicted octanol–water partition coefficient (Wildman–Crippen LogP) is 2.80. The van der Waals surface area contributed by atoms with Crippen LogP contribution in [0.2, 0.25) is 0 Å². The van der Waals surface area contributed by atoms with Gasteiger partial charge in [0.05, 0.1) is 12.6 Å². The molecule has 0 fully saturated rings. The number of nitrogens with zero attached hydrogens (tertiary/aromatic N) is 1. The second-order valence-electron chi connectivity index (χ2n) is 5.55. The SMILES string of the molecule is COc1ccc2cc(NC(=O)c3c(C)cc(C)[nH]c3=O)ccc2n1. The number of ether oxygens (including phenoxy) is 1. The zero-order valence-electron chi connectivity index (χ0n) is 13.6. The molecule has 1 aromatic carbocycles. The van der Waals surface area contributed by atoms with Gasteiger partial charge in [0.2, 0.25) is 5.88 Å². The number of anilines is 1. The first-order chi connectivity index (χ1) is 11.5. The van der Waals surface area contributed by atoms with Gasteiger partial charge in [0.25, 0.3) is 11.5 Å². The van der Waals surface area contributed by atoms with E-state index in [2.05, 4.69) is 15.3 Å². The fourth-order valence-corrected chi connectivity index (χ4v) is 2.63. The molecule has 0 aliphatic carbocycles. The number of benzene rings is 1. The summed E-state index contributed by atoms with van der Waals surface area (Å²) in [5, 5.41) is 3.63. The van der Waals surface area contributed by atoms with Crippen molar-refractivity contribution in [1.29, 1.82) is 0 Å². The number of fused-ring (bicyclic) bond motifs is 1. The Morgan fingerprint density at radius 2 is 1.96 bits per heavy atom. The summed E-state index contributed by atoms with van der Waals surface area (Å²) in [7, 11) is 1.56. The Bertz CT molecular complexity index is 992. The van der Waals surface area contributed by atoms with E-state index in [4.69, 9.17) is 4.74 Å². The number of carbonyl (C=O) groups excluding carboxylic acids is 1. The molecule has 0 atom stereocenters. The molecule has 3 rings (SSSR count). The normalized spacial score (nSPS) is 10.6. The molecule has 0 aliphatic rings. The zero-order chi connectivity index (χ0) is 17.3. The number of hydrogen-bond donors (Lipinski definition) is 2. The van der Waals surface area contributed by atoms with Gasteiger partial charge in [-0.2, -0.15) is 0 Å². The number of nitrogens with one attached hydrogen (secondary N) is 2. The van der Waals surface area contributed by atoms with Crippen molar-refractivity contribution in [3.05, 3.63) is 63.6 Å². The first kappa shape index (κ1) is 15.7. The number of pyridine rings is 2. The van der Waals surface area contributed by atoms with Crippen LogP contribution in [0.5, 0.6) is 5.88 Å².